The fraction of sp³-hybridized carbons (Fsp3) is 0.727. The van der Waals surface area contributed by atoms with Crippen LogP contribution in [0.15, 0.2) is 0 Å². The van der Waals surface area contributed by atoms with E-state index >= 15 is 0 Å². The molecule has 0 spiro atoms. The van der Waals surface area contributed by atoms with E-state index in [2.05, 4.69) is 0 Å². The zero-order chi connectivity index (χ0) is 13.5. The Bertz CT molecular complexity index is 272. The maximum Gasteiger partial charge on any atom is 0.410 e. The van der Waals surface area contributed by atoms with Crippen molar-refractivity contribution in [3.63, 3.8) is 0 Å². The van der Waals surface area contributed by atoms with Crippen LogP contribution in [0.4, 0.5) is 4.79 Å². The van der Waals surface area contributed by atoms with Crippen LogP contribution in [0.2, 0.25) is 0 Å². The van der Waals surface area contributed by atoms with Gasteiger partial charge in [0.25, 0.3) is 6.47 Å². The summed E-state index contributed by atoms with van der Waals surface area (Å²) in [5, 5.41) is 6.89. The molecule has 17 heavy (non-hydrogen) atoms. The van der Waals surface area contributed by atoms with Crippen molar-refractivity contribution in [1.29, 1.82) is 0 Å². The normalized spacial score (nSPS) is 15.7. The van der Waals surface area contributed by atoms with Crippen LogP contribution < -0.4 is 0 Å². The lowest BCUT2D eigenvalue weighted by Crippen LogP contribution is -2.41. The molecular formula is C11H19NO5. The summed E-state index contributed by atoms with van der Waals surface area (Å²) in [7, 11) is 0. The fourth-order valence-corrected chi connectivity index (χ4v) is 1.27. The van der Waals surface area contributed by atoms with E-state index in [1.165, 1.54) is 0 Å². The maximum atomic E-state index is 11.5. The Labute approximate surface area is 101 Å². The van der Waals surface area contributed by atoms with E-state index in [0.717, 1.165) is 0 Å². The standard InChI is InChI=1S/C10H17NO3.CH2O2/c1-10(2,3)14-9(13)11-6-4-8(12)5-7-11;2-1-3/h4-7H2,1-3H3;1H,(H,2,3). The molecule has 6 nitrogen and oxygen atoms in total. The van der Waals surface area contributed by atoms with Gasteiger partial charge in [-0.2, -0.15) is 0 Å². The molecule has 0 aromatic carbocycles. The molecular weight excluding hydrogens is 226 g/mol. The molecule has 1 fully saturated rings. The van der Waals surface area contributed by atoms with Gasteiger partial charge in [-0.1, -0.05) is 0 Å². The van der Waals surface area contributed by atoms with Gasteiger partial charge in [0, 0.05) is 25.9 Å². The summed E-state index contributed by atoms with van der Waals surface area (Å²) >= 11 is 0. The molecule has 0 aromatic rings. The summed E-state index contributed by atoms with van der Waals surface area (Å²) in [4.78, 5) is 32.4. The lowest BCUT2D eigenvalue weighted by atomic mass is 10.1. The number of rotatable bonds is 0. The summed E-state index contributed by atoms with van der Waals surface area (Å²) in [6.07, 6.45) is 0.600. The first-order valence-electron chi connectivity index (χ1n) is 5.37. The van der Waals surface area contributed by atoms with Gasteiger partial charge < -0.3 is 14.7 Å². The van der Waals surface area contributed by atoms with Crippen molar-refractivity contribution in [3.05, 3.63) is 0 Å². The van der Waals surface area contributed by atoms with Gasteiger partial charge in [0.1, 0.15) is 11.4 Å². The molecule has 0 aromatic heterocycles. The van der Waals surface area contributed by atoms with Gasteiger partial charge in [-0.3, -0.25) is 9.59 Å². The predicted molar refractivity (Wildman–Crippen MR) is 60.7 cm³/mol. The number of hydrogen-bond donors (Lipinski definition) is 1. The quantitative estimate of drug-likeness (QED) is 0.650. The van der Waals surface area contributed by atoms with Crippen molar-refractivity contribution < 1.29 is 24.2 Å². The minimum absolute atomic E-state index is 0.227. The third-order valence-corrected chi connectivity index (χ3v) is 1.97. The van der Waals surface area contributed by atoms with E-state index in [4.69, 9.17) is 14.6 Å². The van der Waals surface area contributed by atoms with Crippen molar-refractivity contribution in [2.75, 3.05) is 13.1 Å². The predicted octanol–water partition coefficient (Wildman–Crippen LogP) is 1.29. The summed E-state index contributed by atoms with van der Waals surface area (Å²) in [6.45, 7) is 6.24. The molecule has 1 rings (SSSR count). The van der Waals surface area contributed by atoms with Crippen molar-refractivity contribution >= 4 is 18.3 Å². The van der Waals surface area contributed by atoms with Gasteiger partial charge in [0.2, 0.25) is 0 Å². The third kappa shape index (κ3) is 7.32. The molecule has 1 amide bonds. The zero-order valence-electron chi connectivity index (χ0n) is 10.4. The smallest absolute Gasteiger partial charge is 0.410 e. The van der Waals surface area contributed by atoms with E-state index in [0.29, 0.717) is 25.9 Å². The van der Waals surface area contributed by atoms with E-state index < -0.39 is 5.60 Å². The highest BCUT2D eigenvalue weighted by Crippen LogP contribution is 2.13. The molecule has 1 N–H and O–H groups in total. The third-order valence-electron chi connectivity index (χ3n) is 1.97. The van der Waals surface area contributed by atoms with Crippen molar-refractivity contribution in [1.82, 2.24) is 4.90 Å². The van der Waals surface area contributed by atoms with Gasteiger partial charge in [-0.15, -0.1) is 0 Å². The van der Waals surface area contributed by atoms with Crippen LogP contribution in [0.25, 0.3) is 0 Å². The average molecular weight is 245 g/mol. The van der Waals surface area contributed by atoms with Crippen molar-refractivity contribution in [2.45, 2.75) is 39.2 Å². The number of Topliss-reactive ketones (excluding diaryl/α,β-unsaturated/α-hetero) is 1. The van der Waals surface area contributed by atoms with Crippen LogP contribution >= 0.6 is 0 Å². The zero-order valence-corrected chi connectivity index (χ0v) is 10.4. The van der Waals surface area contributed by atoms with E-state index in [1.54, 1.807) is 4.90 Å². The van der Waals surface area contributed by atoms with Crippen LogP contribution in [0.3, 0.4) is 0 Å². The number of likely N-dealkylation sites (tertiary alicyclic amines) is 1. The summed E-state index contributed by atoms with van der Waals surface area (Å²) in [6, 6.07) is 0. The molecule has 0 saturated carbocycles. The first-order chi connectivity index (χ1) is 7.80. The van der Waals surface area contributed by atoms with Crippen molar-refractivity contribution in [2.24, 2.45) is 0 Å². The largest absolute Gasteiger partial charge is 0.483 e. The van der Waals surface area contributed by atoms with Gasteiger partial charge >= 0.3 is 6.09 Å². The number of nitrogens with zero attached hydrogens (tertiary/aromatic N) is 1. The van der Waals surface area contributed by atoms with Gasteiger partial charge in [0.15, 0.2) is 0 Å². The minimum Gasteiger partial charge on any atom is -0.483 e. The number of carboxylic acid groups (broad SMARTS) is 1. The second-order valence-corrected chi connectivity index (χ2v) is 4.61. The van der Waals surface area contributed by atoms with Gasteiger partial charge in [0.05, 0.1) is 0 Å². The molecule has 1 aliphatic heterocycles. The molecule has 0 bridgehead atoms. The second kappa shape index (κ2) is 6.88. The molecule has 98 valence electrons. The highest BCUT2D eigenvalue weighted by Gasteiger charge is 2.25. The van der Waals surface area contributed by atoms with Crippen LogP contribution in [-0.4, -0.2) is 47.0 Å². The number of piperidine rings is 1. The Hall–Kier alpha value is -1.59. The van der Waals surface area contributed by atoms with Gasteiger partial charge in [-0.25, -0.2) is 4.79 Å². The lowest BCUT2D eigenvalue weighted by Gasteiger charge is -2.29. The molecule has 0 radical (unpaired) electrons. The molecule has 0 aliphatic carbocycles. The molecule has 0 unspecified atom stereocenters. The van der Waals surface area contributed by atoms with Crippen LogP contribution in [-0.2, 0) is 14.3 Å². The molecule has 0 atom stereocenters. The second-order valence-electron chi connectivity index (χ2n) is 4.61. The van der Waals surface area contributed by atoms with E-state index in [9.17, 15) is 9.59 Å². The Kier molecular flexibility index (Phi) is 6.23. The Balaban J connectivity index is 0.000000770. The van der Waals surface area contributed by atoms with E-state index in [-0.39, 0.29) is 18.3 Å². The minimum atomic E-state index is -0.460. The number of carbonyl (C=O) groups is 3. The molecule has 1 heterocycles. The molecule has 1 aliphatic rings. The highest BCUT2D eigenvalue weighted by molar-refractivity contribution is 5.81. The average Bonchev–Trinajstić information content (AvgIpc) is 2.17. The topological polar surface area (TPSA) is 83.9 Å². The Morgan fingerprint density at radius 1 is 1.35 bits per heavy atom. The molecule has 1 saturated heterocycles. The first kappa shape index (κ1) is 15.4. The monoisotopic (exact) mass is 245 g/mol. The number of ether oxygens (including phenoxy) is 1. The van der Waals surface area contributed by atoms with Crippen molar-refractivity contribution in [3.8, 4) is 0 Å². The van der Waals surface area contributed by atoms with Crippen LogP contribution in [0, 0.1) is 0 Å². The maximum absolute atomic E-state index is 11.5. The number of amides is 1. The number of carbonyl (C=O) groups excluding carboxylic acids is 2. The Morgan fingerprint density at radius 3 is 2.12 bits per heavy atom. The fourth-order valence-electron chi connectivity index (χ4n) is 1.27. The summed E-state index contributed by atoms with van der Waals surface area (Å²) in [5.74, 6) is 0.227. The summed E-state index contributed by atoms with van der Waals surface area (Å²) < 4.78 is 5.19. The lowest BCUT2D eigenvalue weighted by molar-refractivity contribution is -0.123. The van der Waals surface area contributed by atoms with Crippen LogP contribution in [0.1, 0.15) is 33.6 Å². The number of hydrogen-bond acceptors (Lipinski definition) is 4. The first-order valence-corrected chi connectivity index (χ1v) is 5.37. The van der Waals surface area contributed by atoms with E-state index in [1.807, 2.05) is 20.8 Å². The number of ketones is 1. The summed E-state index contributed by atoms with van der Waals surface area (Å²) in [5.41, 5.74) is -0.460. The highest BCUT2D eigenvalue weighted by atomic mass is 16.6. The van der Waals surface area contributed by atoms with Gasteiger partial charge in [-0.05, 0) is 20.8 Å². The SMILES string of the molecule is CC(C)(C)OC(=O)N1CCC(=O)CC1.O=CO. The molecule has 6 heteroatoms. The van der Waals surface area contributed by atoms with Crippen LogP contribution in [0.5, 0.6) is 0 Å². The Morgan fingerprint density at radius 2 is 1.76 bits per heavy atom.